The molecule has 0 saturated heterocycles. The maximum Gasteiger partial charge on any atom is 0.220 e. The first-order chi connectivity index (χ1) is 9.09. The van der Waals surface area contributed by atoms with Crippen LogP contribution in [-0.2, 0) is 4.79 Å². The van der Waals surface area contributed by atoms with Crippen LogP contribution in [0.3, 0.4) is 0 Å². The molecule has 4 N–H and O–H groups in total. The van der Waals surface area contributed by atoms with Crippen LogP contribution in [0, 0.1) is 0 Å². The Bertz CT molecular complexity index is 366. The first-order valence-corrected chi connectivity index (χ1v) is 6.85. The highest BCUT2D eigenvalue weighted by molar-refractivity contribution is 5.75. The van der Waals surface area contributed by atoms with Crippen molar-refractivity contribution in [2.75, 3.05) is 6.54 Å². The minimum atomic E-state index is -0.302. The highest BCUT2D eigenvalue weighted by Crippen LogP contribution is 2.14. The molecule has 2 atom stereocenters. The van der Waals surface area contributed by atoms with E-state index in [1.54, 1.807) is 6.92 Å². The van der Waals surface area contributed by atoms with E-state index in [0.717, 1.165) is 12.0 Å². The van der Waals surface area contributed by atoms with Gasteiger partial charge in [-0.15, -0.1) is 0 Å². The summed E-state index contributed by atoms with van der Waals surface area (Å²) in [6.07, 6.45) is 2.29. The van der Waals surface area contributed by atoms with Gasteiger partial charge in [-0.2, -0.15) is 0 Å². The fourth-order valence-electron chi connectivity index (χ4n) is 1.87. The fourth-order valence-corrected chi connectivity index (χ4v) is 1.87. The van der Waals surface area contributed by atoms with E-state index in [9.17, 15) is 4.79 Å². The number of nitrogens with one attached hydrogen (secondary N) is 1. The third-order valence-electron chi connectivity index (χ3n) is 3.03. The van der Waals surface area contributed by atoms with Crippen LogP contribution in [0.15, 0.2) is 30.3 Å². The summed E-state index contributed by atoms with van der Waals surface area (Å²) in [7, 11) is 0. The molecule has 0 radical (unpaired) electrons. The lowest BCUT2D eigenvalue weighted by atomic mass is 10.0. The molecule has 0 spiro atoms. The first kappa shape index (κ1) is 15.7. The Morgan fingerprint density at radius 3 is 2.63 bits per heavy atom. The van der Waals surface area contributed by atoms with Gasteiger partial charge in [-0.3, -0.25) is 4.79 Å². The van der Waals surface area contributed by atoms with Crippen molar-refractivity contribution in [3.63, 3.8) is 0 Å². The van der Waals surface area contributed by atoms with Gasteiger partial charge in [-0.25, -0.2) is 0 Å². The van der Waals surface area contributed by atoms with Gasteiger partial charge in [-0.05, 0) is 31.7 Å². The molecule has 1 aromatic carbocycles. The molecule has 0 saturated carbocycles. The Morgan fingerprint density at radius 2 is 2.00 bits per heavy atom. The smallest absolute Gasteiger partial charge is 0.220 e. The Labute approximate surface area is 115 Å². The number of hydrogen-bond donors (Lipinski definition) is 3. The summed E-state index contributed by atoms with van der Waals surface area (Å²) >= 11 is 0. The molecule has 0 fully saturated rings. The summed E-state index contributed by atoms with van der Waals surface area (Å²) in [5.41, 5.74) is 7.08. The standard InChI is InChI=1S/C15H24N2O2/c1-12(18)6-5-11-17-15(19)10-9-14(16)13-7-3-2-4-8-13/h2-4,7-8,12,14,18H,5-6,9-11,16H2,1H3,(H,17,19). The molecule has 1 amide bonds. The predicted octanol–water partition coefficient (Wildman–Crippen LogP) is 1.74. The third kappa shape index (κ3) is 6.94. The van der Waals surface area contributed by atoms with Gasteiger partial charge < -0.3 is 16.2 Å². The van der Waals surface area contributed by atoms with Crippen molar-refractivity contribution in [1.82, 2.24) is 5.32 Å². The van der Waals surface area contributed by atoms with E-state index in [2.05, 4.69) is 5.32 Å². The second-order valence-electron chi connectivity index (χ2n) is 4.90. The number of nitrogens with two attached hydrogens (primary N) is 1. The minimum absolute atomic E-state index is 0.0250. The van der Waals surface area contributed by atoms with Crippen molar-refractivity contribution in [3.8, 4) is 0 Å². The van der Waals surface area contributed by atoms with E-state index in [1.807, 2.05) is 30.3 Å². The summed E-state index contributed by atoms with van der Waals surface area (Å²) < 4.78 is 0. The number of rotatable bonds is 8. The zero-order valence-electron chi connectivity index (χ0n) is 11.5. The summed E-state index contributed by atoms with van der Waals surface area (Å²) in [5, 5.41) is 11.9. The number of benzene rings is 1. The molecule has 1 rings (SSSR count). The second kappa shape index (κ2) is 8.67. The monoisotopic (exact) mass is 264 g/mol. The summed E-state index contributed by atoms with van der Waals surface area (Å²) in [4.78, 5) is 11.6. The van der Waals surface area contributed by atoms with E-state index >= 15 is 0 Å². The summed E-state index contributed by atoms with van der Waals surface area (Å²) in [5.74, 6) is 0.0250. The molecule has 19 heavy (non-hydrogen) atoms. The van der Waals surface area contributed by atoms with Crippen LogP contribution in [-0.4, -0.2) is 23.7 Å². The van der Waals surface area contributed by atoms with Crippen molar-refractivity contribution in [3.05, 3.63) is 35.9 Å². The molecule has 0 bridgehead atoms. The van der Waals surface area contributed by atoms with Crippen molar-refractivity contribution < 1.29 is 9.90 Å². The minimum Gasteiger partial charge on any atom is -0.393 e. The maximum absolute atomic E-state index is 11.6. The molecule has 4 heteroatoms. The highest BCUT2D eigenvalue weighted by atomic mass is 16.3. The van der Waals surface area contributed by atoms with Gasteiger partial charge in [0.15, 0.2) is 0 Å². The van der Waals surface area contributed by atoms with E-state index in [4.69, 9.17) is 10.8 Å². The van der Waals surface area contributed by atoms with Crippen LogP contribution >= 0.6 is 0 Å². The Kier molecular flexibility index (Phi) is 7.15. The number of carbonyl (C=O) groups excluding carboxylic acids is 1. The molecule has 0 heterocycles. The molecular weight excluding hydrogens is 240 g/mol. The van der Waals surface area contributed by atoms with Crippen molar-refractivity contribution in [2.45, 2.75) is 44.8 Å². The molecule has 0 aliphatic heterocycles. The quantitative estimate of drug-likeness (QED) is 0.626. The van der Waals surface area contributed by atoms with Gasteiger partial charge in [0.05, 0.1) is 6.10 Å². The normalized spacial score (nSPS) is 13.8. The van der Waals surface area contributed by atoms with E-state index in [1.165, 1.54) is 0 Å². The fraction of sp³-hybridized carbons (Fsp3) is 0.533. The van der Waals surface area contributed by atoms with Crippen molar-refractivity contribution in [2.24, 2.45) is 5.73 Å². The van der Waals surface area contributed by atoms with E-state index in [0.29, 0.717) is 25.8 Å². The van der Waals surface area contributed by atoms with Crippen LogP contribution in [0.1, 0.15) is 44.2 Å². The molecule has 1 aromatic rings. The molecular formula is C15H24N2O2. The third-order valence-corrected chi connectivity index (χ3v) is 3.03. The molecule has 0 aliphatic rings. The average Bonchev–Trinajstić information content (AvgIpc) is 2.41. The zero-order valence-corrected chi connectivity index (χ0v) is 11.5. The largest absolute Gasteiger partial charge is 0.393 e. The molecule has 0 aliphatic carbocycles. The van der Waals surface area contributed by atoms with Gasteiger partial charge in [0.1, 0.15) is 0 Å². The van der Waals surface area contributed by atoms with E-state index in [-0.39, 0.29) is 18.1 Å². The van der Waals surface area contributed by atoms with Crippen molar-refractivity contribution >= 4 is 5.91 Å². The van der Waals surface area contributed by atoms with Gasteiger partial charge in [-0.1, -0.05) is 30.3 Å². The molecule has 106 valence electrons. The molecule has 4 nitrogen and oxygen atoms in total. The molecule has 0 aromatic heterocycles. The lowest BCUT2D eigenvalue weighted by Crippen LogP contribution is -2.26. The van der Waals surface area contributed by atoms with Crippen LogP contribution in [0.4, 0.5) is 0 Å². The topological polar surface area (TPSA) is 75.3 Å². The van der Waals surface area contributed by atoms with Crippen LogP contribution < -0.4 is 11.1 Å². The highest BCUT2D eigenvalue weighted by Gasteiger charge is 2.08. The number of aliphatic hydroxyl groups excluding tert-OH is 1. The van der Waals surface area contributed by atoms with Crippen LogP contribution in [0.2, 0.25) is 0 Å². The number of amides is 1. The van der Waals surface area contributed by atoms with Crippen LogP contribution in [0.5, 0.6) is 0 Å². The maximum atomic E-state index is 11.6. The number of carbonyl (C=O) groups is 1. The summed E-state index contributed by atoms with van der Waals surface area (Å²) in [6.45, 7) is 2.37. The Hall–Kier alpha value is -1.39. The number of hydrogen-bond acceptors (Lipinski definition) is 3. The average molecular weight is 264 g/mol. The van der Waals surface area contributed by atoms with Gasteiger partial charge in [0, 0.05) is 19.0 Å². The summed E-state index contributed by atoms with van der Waals surface area (Å²) in [6, 6.07) is 9.71. The molecule has 2 unspecified atom stereocenters. The SMILES string of the molecule is CC(O)CCCNC(=O)CCC(N)c1ccccc1. The lowest BCUT2D eigenvalue weighted by molar-refractivity contribution is -0.121. The second-order valence-corrected chi connectivity index (χ2v) is 4.90. The first-order valence-electron chi connectivity index (χ1n) is 6.85. The van der Waals surface area contributed by atoms with Gasteiger partial charge >= 0.3 is 0 Å². The van der Waals surface area contributed by atoms with Gasteiger partial charge in [0.2, 0.25) is 5.91 Å². The lowest BCUT2D eigenvalue weighted by Gasteiger charge is -2.12. The van der Waals surface area contributed by atoms with E-state index < -0.39 is 0 Å². The van der Waals surface area contributed by atoms with Crippen LogP contribution in [0.25, 0.3) is 0 Å². The zero-order chi connectivity index (χ0) is 14.1. The van der Waals surface area contributed by atoms with Crippen molar-refractivity contribution in [1.29, 1.82) is 0 Å². The number of aliphatic hydroxyl groups is 1. The van der Waals surface area contributed by atoms with Gasteiger partial charge in [0.25, 0.3) is 0 Å². The Balaban J connectivity index is 2.16. The Morgan fingerprint density at radius 1 is 1.32 bits per heavy atom. The predicted molar refractivity (Wildman–Crippen MR) is 76.5 cm³/mol.